The largest absolute Gasteiger partial charge is 0.497 e. The number of rotatable bonds is 9. The second-order valence-corrected chi connectivity index (χ2v) is 6.37. The minimum absolute atomic E-state index is 0.0570. The van der Waals surface area contributed by atoms with Gasteiger partial charge in [0.1, 0.15) is 22.9 Å². The summed E-state index contributed by atoms with van der Waals surface area (Å²) in [5.74, 6) is 0.604. The molecule has 0 amide bonds. The molecule has 0 saturated carbocycles. The van der Waals surface area contributed by atoms with E-state index >= 15 is 0 Å². The quantitative estimate of drug-likeness (QED) is 0.553. The van der Waals surface area contributed by atoms with E-state index in [4.69, 9.17) is 14.2 Å². The molecule has 3 aromatic rings. The first-order valence-electron chi connectivity index (χ1n) is 9.25. The maximum absolute atomic E-state index is 11.5. The van der Waals surface area contributed by atoms with E-state index in [1.54, 1.807) is 25.3 Å². The number of nitrogens with zero attached hydrogens (tertiary/aromatic N) is 2. The molecule has 0 spiro atoms. The van der Waals surface area contributed by atoms with Crippen LogP contribution in [0.3, 0.4) is 0 Å². The van der Waals surface area contributed by atoms with Crippen LogP contribution in [0.15, 0.2) is 48.5 Å². The Hall–Kier alpha value is -3.81. The lowest BCUT2D eigenvalue weighted by molar-refractivity contribution is 0.0693. The molecule has 8 heteroatoms. The number of anilines is 1. The predicted octanol–water partition coefficient (Wildman–Crippen LogP) is 3.52. The van der Waals surface area contributed by atoms with E-state index in [-0.39, 0.29) is 17.3 Å². The standard InChI is InChI=1S/C22H23N3O5/c1-28-16-7-4-14(5-8-16)10-11-23-20-13-18(24-22(25-20)30-3)15-6-9-19(29-2)17(12-15)21(26)27/h4-9,12-13H,10-11H2,1-3H3,(H,26,27)(H,23,24,25). The fourth-order valence-electron chi connectivity index (χ4n) is 2.92. The lowest BCUT2D eigenvalue weighted by Gasteiger charge is -2.11. The Morgan fingerprint density at radius 3 is 2.37 bits per heavy atom. The topological polar surface area (TPSA) is 103 Å². The van der Waals surface area contributed by atoms with Gasteiger partial charge in [0.15, 0.2) is 0 Å². The van der Waals surface area contributed by atoms with Gasteiger partial charge in [-0.2, -0.15) is 9.97 Å². The molecule has 2 N–H and O–H groups in total. The van der Waals surface area contributed by atoms with E-state index < -0.39 is 5.97 Å². The van der Waals surface area contributed by atoms with Crippen LogP contribution in [0.5, 0.6) is 17.5 Å². The van der Waals surface area contributed by atoms with Crippen molar-refractivity contribution in [1.29, 1.82) is 0 Å². The van der Waals surface area contributed by atoms with Crippen molar-refractivity contribution < 1.29 is 24.1 Å². The smallest absolute Gasteiger partial charge is 0.339 e. The summed E-state index contributed by atoms with van der Waals surface area (Å²) >= 11 is 0. The molecule has 0 aliphatic carbocycles. The normalized spacial score (nSPS) is 10.4. The van der Waals surface area contributed by atoms with Crippen LogP contribution in [0.2, 0.25) is 0 Å². The molecule has 0 bridgehead atoms. The number of benzene rings is 2. The summed E-state index contributed by atoms with van der Waals surface area (Å²) < 4.78 is 15.5. The fraction of sp³-hybridized carbons (Fsp3) is 0.227. The average molecular weight is 409 g/mol. The number of nitrogens with one attached hydrogen (secondary N) is 1. The third kappa shape index (κ3) is 4.96. The predicted molar refractivity (Wildman–Crippen MR) is 113 cm³/mol. The molecule has 0 atom stereocenters. The molecule has 1 heterocycles. The van der Waals surface area contributed by atoms with Gasteiger partial charge < -0.3 is 24.6 Å². The van der Waals surface area contributed by atoms with Crippen molar-refractivity contribution in [3.05, 3.63) is 59.7 Å². The van der Waals surface area contributed by atoms with Gasteiger partial charge in [0.25, 0.3) is 0 Å². The molecule has 0 unspecified atom stereocenters. The molecular weight excluding hydrogens is 386 g/mol. The highest BCUT2D eigenvalue weighted by molar-refractivity contribution is 5.92. The van der Waals surface area contributed by atoms with E-state index in [2.05, 4.69) is 15.3 Å². The number of ether oxygens (including phenoxy) is 3. The van der Waals surface area contributed by atoms with Gasteiger partial charge in [0, 0.05) is 18.2 Å². The van der Waals surface area contributed by atoms with Crippen molar-refractivity contribution in [1.82, 2.24) is 9.97 Å². The summed E-state index contributed by atoms with van der Waals surface area (Å²) in [6, 6.07) is 14.7. The number of carbonyl (C=O) groups is 1. The minimum atomic E-state index is -1.08. The van der Waals surface area contributed by atoms with Crippen LogP contribution in [0.4, 0.5) is 5.82 Å². The molecule has 0 saturated heterocycles. The Balaban J connectivity index is 1.79. The Bertz CT molecular complexity index is 1020. The first-order chi connectivity index (χ1) is 14.5. The Labute approximate surface area is 174 Å². The highest BCUT2D eigenvalue weighted by atomic mass is 16.5. The first kappa shape index (κ1) is 20.9. The molecule has 1 aromatic heterocycles. The number of carboxylic acids is 1. The number of aromatic nitrogens is 2. The van der Waals surface area contributed by atoms with Crippen LogP contribution in [0, 0.1) is 0 Å². The molecule has 156 valence electrons. The summed E-state index contributed by atoms with van der Waals surface area (Å²) in [7, 11) is 4.55. The summed E-state index contributed by atoms with van der Waals surface area (Å²) in [5.41, 5.74) is 2.37. The van der Waals surface area contributed by atoms with E-state index in [0.29, 0.717) is 23.6 Å². The minimum Gasteiger partial charge on any atom is -0.497 e. The second-order valence-electron chi connectivity index (χ2n) is 6.37. The molecule has 30 heavy (non-hydrogen) atoms. The van der Waals surface area contributed by atoms with Crippen LogP contribution in [0.1, 0.15) is 15.9 Å². The van der Waals surface area contributed by atoms with Gasteiger partial charge >= 0.3 is 12.0 Å². The average Bonchev–Trinajstić information content (AvgIpc) is 2.78. The SMILES string of the molecule is COc1ccc(CCNc2cc(-c3ccc(OC)c(C(=O)O)c3)nc(OC)n2)cc1. The zero-order valence-electron chi connectivity index (χ0n) is 17.0. The first-order valence-corrected chi connectivity index (χ1v) is 9.25. The molecule has 8 nitrogen and oxygen atoms in total. The van der Waals surface area contributed by atoms with Crippen LogP contribution < -0.4 is 19.5 Å². The van der Waals surface area contributed by atoms with Gasteiger partial charge in [-0.1, -0.05) is 12.1 Å². The Kier molecular flexibility index (Phi) is 6.69. The van der Waals surface area contributed by atoms with Crippen molar-refractivity contribution >= 4 is 11.8 Å². The van der Waals surface area contributed by atoms with E-state index in [0.717, 1.165) is 17.7 Å². The van der Waals surface area contributed by atoms with E-state index in [1.165, 1.54) is 20.3 Å². The van der Waals surface area contributed by atoms with Crippen LogP contribution in [-0.2, 0) is 6.42 Å². The maximum Gasteiger partial charge on any atom is 0.339 e. The number of carboxylic acid groups (broad SMARTS) is 1. The van der Waals surface area contributed by atoms with Crippen molar-refractivity contribution in [2.24, 2.45) is 0 Å². The lowest BCUT2D eigenvalue weighted by Crippen LogP contribution is -2.08. The van der Waals surface area contributed by atoms with Gasteiger partial charge in [-0.15, -0.1) is 0 Å². The summed E-state index contributed by atoms with van der Waals surface area (Å²) in [6.07, 6.45) is 0.789. The maximum atomic E-state index is 11.5. The highest BCUT2D eigenvalue weighted by Crippen LogP contribution is 2.28. The number of methoxy groups -OCH3 is 3. The molecule has 0 fully saturated rings. The second kappa shape index (κ2) is 9.60. The molecule has 0 aliphatic rings. The summed E-state index contributed by atoms with van der Waals surface area (Å²) in [5, 5.41) is 12.7. The van der Waals surface area contributed by atoms with Crippen LogP contribution >= 0.6 is 0 Å². The third-order valence-corrected chi connectivity index (χ3v) is 4.49. The summed E-state index contributed by atoms with van der Waals surface area (Å²) in [4.78, 5) is 20.2. The van der Waals surface area contributed by atoms with Gasteiger partial charge in [0.05, 0.1) is 27.0 Å². The molecule has 0 aliphatic heterocycles. The van der Waals surface area contributed by atoms with Crippen molar-refractivity contribution in [3.63, 3.8) is 0 Å². The zero-order valence-corrected chi connectivity index (χ0v) is 17.0. The number of hydrogen-bond donors (Lipinski definition) is 2. The van der Waals surface area contributed by atoms with Gasteiger partial charge in [0.2, 0.25) is 0 Å². The Morgan fingerprint density at radius 1 is 0.967 bits per heavy atom. The Morgan fingerprint density at radius 2 is 1.73 bits per heavy atom. The molecular formula is C22H23N3O5. The third-order valence-electron chi connectivity index (χ3n) is 4.49. The molecule has 2 aromatic carbocycles. The lowest BCUT2D eigenvalue weighted by atomic mass is 10.1. The van der Waals surface area contributed by atoms with Crippen molar-refractivity contribution in [3.8, 4) is 28.8 Å². The van der Waals surface area contributed by atoms with E-state index in [9.17, 15) is 9.90 Å². The fourth-order valence-corrected chi connectivity index (χ4v) is 2.92. The monoisotopic (exact) mass is 409 g/mol. The van der Waals surface area contributed by atoms with Gasteiger partial charge in [-0.3, -0.25) is 0 Å². The highest BCUT2D eigenvalue weighted by Gasteiger charge is 2.14. The number of hydrogen-bond acceptors (Lipinski definition) is 7. The number of aromatic carboxylic acids is 1. The molecule has 0 radical (unpaired) electrons. The van der Waals surface area contributed by atoms with Crippen molar-refractivity contribution in [2.45, 2.75) is 6.42 Å². The van der Waals surface area contributed by atoms with Gasteiger partial charge in [-0.05, 0) is 42.3 Å². The van der Waals surface area contributed by atoms with Crippen LogP contribution in [0.25, 0.3) is 11.3 Å². The molecule has 3 rings (SSSR count). The van der Waals surface area contributed by atoms with Crippen LogP contribution in [-0.4, -0.2) is 48.9 Å². The zero-order chi connectivity index (χ0) is 21.5. The van der Waals surface area contributed by atoms with E-state index in [1.807, 2.05) is 24.3 Å². The van der Waals surface area contributed by atoms with Crippen molar-refractivity contribution in [2.75, 3.05) is 33.2 Å². The summed E-state index contributed by atoms with van der Waals surface area (Å²) in [6.45, 7) is 0.648. The van der Waals surface area contributed by atoms with Gasteiger partial charge in [-0.25, -0.2) is 4.79 Å².